The highest BCUT2D eigenvalue weighted by Gasteiger charge is 2.17. The van der Waals surface area contributed by atoms with Crippen molar-refractivity contribution < 1.29 is 18.9 Å². The van der Waals surface area contributed by atoms with Gasteiger partial charge in [0, 0.05) is 31.0 Å². The van der Waals surface area contributed by atoms with Gasteiger partial charge in [0.15, 0.2) is 17.0 Å². The molecule has 3 aromatic rings. The molecule has 1 aliphatic heterocycles. The summed E-state index contributed by atoms with van der Waals surface area (Å²) < 4.78 is 22.4. The molecule has 1 unspecified atom stereocenters. The van der Waals surface area contributed by atoms with Crippen LogP contribution in [0.3, 0.4) is 0 Å². The molecule has 1 fully saturated rings. The lowest BCUT2D eigenvalue weighted by Gasteiger charge is -2.23. The minimum Gasteiger partial charge on any atom is -0.493 e. The summed E-state index contributed by atoms with van der Waals surface area (Å²) in [4.78, 5) is 13.5. The van der Waals surface area contributed by atoms with Crippen molar-refractivity contribution in [2.24, 2.45) is 0 Å². The second kappa shape index (κ2) is 8.37. The molecule has 3 heterocycles. The van der Waals surface area contributed by atoms with Gasteiger partial charge in [-0.1, -0.05) is 0 Å². The Bertz CT molecular complexity index is 960. The summed E-state index contributed by atoms with van der Waals surface area (Å²) in [6.45, 7) is 2.67. The van der Waals surface area contributed by atoms with E-state index in [1.54, 1.807) is 26.6 Å². The van der Waals surface area contributed by atoms with Gasteiger partial charge in [-0.3, -0.25) is 4.98 Å². The molecular weight excluding hydrogens is 360 g/mol. The number of rotatable bonds is 6. The molecule has 28 heavy (non-hydrogen) atoms. The topological polar surface area (TPSA) is 87.6 Å². The number of nitrogens with zero attached hydrogens (tertiary/aromatic N) is 3. The molecule has 8 nitrogen and oxygen atoms in total. The van der Waals surface area contributed by atoms with E-state index in [0.717, 1.165) is 18.7 Å². The molecule has 0 radical (unpaired) electrons. The van der Waals surface area contributed by atoms with Gasteiger partial charge in [0.05, 0.1) is 32.0 Å². The first-order valence-corrected chi connectivity index (χ1v) is 9.08. The van der Waals surface area contributed by atoms with Crippen LogP contribution in [-0.2, 0) is 4.74 Å². The predicted molar refractivity (Wildman–Crippen MR) is 104 cm³/mol. The van der Waals surface area contributed by atoms with E-state index in [1.165, 1.54) is 0 Å². The standard InChI is InChI=1S/C20H22N4O4/c1-25-17-4-3-13(9-18(17)26-2)15-10-16-19(23-6-5-22-16)20(24-15)28-12-14-11-21-7-8-27-14/h3-6,9-10,14,21H,7-8,11-12H2,1-2H3. The minimum atomic E-state index is -0.0213. The van der Waals surface area contributed by atoms with Crippen LogP contribution in [0.5, 0.6) is 17.4 Å². The van der Waals surface area contributed by atoms with Gasteiger partial charge >= 0.3 is 0 Å². The Hall–Kier alpha value is -2.97. The molecule has 1 N–H and O–H groups in total. The molecule has 0 aliphatic carbocycles. The molecule has 2 aromatic heterocycles. The molecule has 146 valence electrons. The third-order valence-electron chi connectivity index (χ3n) is 4.51. The molecule has 1 saturated heterocycles. The molecule has 0 spiro atoms. The fraction of sp³-hybridized carbons (Fsp3) is 0.350. The van der Waals surface area contributed by atoms with Crippen molar-refractivity contribution in [3.63, 3.8) is 0 Å². The Morgan fingerprint density at radius 3 is 2.75 bits per heavy atom. The third-order valence-corrected chi connectivity index (χ3v) is 4.51. The van der Waals surface area contributed by atoms with Crippen molar-refractivity contribution in [2.75, 3.05) is 40.5 Å². The SMILES string of the molecule is COc1ccc(-c2cc3nccnc3c(OCC3CNCCO3)n2)cc1OC. The molecule has 8 heteroatoms. The maximum atomic E-state index is 5.99. The van der Waals surface area contributed by atoms with Gasteiger partial charge in [0.25, 0.3) is 0 Å². The fourth-order valence-electron chi connectivity index (χ4n) is 3.09. The van der Waals surface area contributed by atoms with Crippen LogP contribution in [0, 0.1) is 0 Å². The van der Waals surface area contributed by atoms with Crippen LogP contribution in [0.2, 0.25) is 0 Å². The zero-order chi connectivity index (χ0) is 19.3. The highest BCUT2D eigenvalue weighted by molar-refractivity contribution is 5.83. The van der Waals surface area contributed by atoms with Crippen LogP contribution in [-0.4, -0.2) is 61.6 Å². The first-order chi connectivity index (χ1) is 13.8. The smallest absolute Gasteiger partial charge is 0.242 e. The van der Waals surface area contributed by atoms with Crippen molar-refractivity contribution >= 4 is 11.0 Å². The highest BCUT2D eigenvalue weighted by atomic mass is 16.5. The fourth-order valence-corrected chi connectivity index (χ4v) is 3.09. The number of benzene rings is 1. The molecule has 0 amide bonds. The molecule has 4 rings (SSSR count). The predicted octanol–water partition coefficient (Wildman–Crippen LogP) is 2.08. The van der Waals surface area contributed by atoms with Crippen molar-refractivity contribution in [3.05, 3.63) is 36.7 Å². The normalized spacial score (nSPS) is 16.7. The summed E-state index contributed by atoms with van der Waals surface area (Å²) in [5.41, 5.74) is 2.91. The van der Waals surface area contributed by atoms with Gasteiger partial charge in [-0.15, -0.1) is 0 Å². The first kappa shape index (κ1) is 18.4. The third kappa shape index (κ3) is 3.83. The van der Waals surface area contributed by atoms with E-state index in [1.807, 2.05) is 24.3 Å². The number of fused-ring (bicyclic) bond motifs is 1. The van der Waals surface area contributed by atoms with Crippen molar-refractivity contribution in [2.45, 2.75) is 6.10 Å². The summed E-state index contributed by atoms with van der Waals surface area (Å²) in [7, 11) is 3.21. The van der Waals surface area contributed by atoms with E-state index >= 15 is 0 Å². The van der Waals surface area contributed by atoms with Gasteiger partial charge in [-0.25, -0.2) is 9.97 Å². The summed E-state index contributed by atoms with van der Waals surface area (Å²) in [5, 5.41) is 3.29. The van der Waals surface area contributed by atoms with E-state index in [9.17, 15) is 0 Å². The minimum absolute atomic E-state index is 0.0213. The van der Waals surface area contributed by atoms with Crippen LogP contribution < -0.4 is 19.5 Å². The van der Waals surface area contributed by atoms with Crippen molar-refractivity contribution in [1.82, 2.24) is 20.3 Å². The zero-order valence-corrected chi connectivity index (χ0v) is 15.8. The molecular formula is C20H22N4O4. The number of aromatic nitrogens is 3. The van der Waals surface area contributed by atoms with Crippen molar-refractivity contribution in [3.8, 4) is 28.6 Å². The number of hydrogen-bond donors (Lipinski definition) is 1. The van der Waals surface area contributed by atoms with Gasteiger partial charge in [0.2, 0.25) is 5.88 Å². The number of pyridine rings is 1. The van der Waals surface area contributed by atoms with E-state index in [-0.39, 0.29) is 6.10 Å². The monoisotopic (exact) mass is 382 g/mol. The number of morpholine rings is 1. The quantitative estimate of drug-likeness (QED) is 0.693. The second-order valence-electron chi connectivity index (χ2n) is 6.31. The lowest BCUT2D eigenvalue weighted by atomic mass is 10.1. The lowest BCUT2D eigenvalue weighted by molar-refractivity contribution is -0.000407. The van der Waals surface area contributed by atoms with Gasteiger partial charge in [-0.05, 0) is 24.3 Å². The number of ether oxygens (including phenoxy) is 4. The Morgan fingerprint density at radius 1 is 1.11 bits per heavy atom. The number of nitrogens with one attached hydrogen (secondary N) is 1. The van der Waals surface area contributed by atoms with E-state index in [4.69, 9.17) is 18.9 Å². The van der Waals surface area contributed by atoms with Crippen LogP contribution in [0.25, 0.3) is 22.3 Å². The average molecular weight is 382 g/mol. The Morgan fingerprint density at radius 2 is 1.96 bits per heavy atom. The van der Waals surface area contributed by atoms with Crippen LogP contribution in [0.1, 0.15) is 0 Å². The van der Waals surface area contributed by atoms with Gasteiger partial charge < -0.3 is 24.3 Å². The lowest BCUT2D eigenvalue weighted by Crippen LogP contribution is -2.41. The zero-order valence-electron chi connectivity index (χ0n) is 15.8. The van der Waals surface area contributed by atoms with Crippen LogP contribution in [0.4, 0.5) is 0 Å². The number of hydrogen-bond acceptors (Lipinski definition) is 8. The van der Waals surface area contributed by atoms with E-state index in [0.29, 0.717) is 47.3 Å². The molecule has 0 bridgehead atoms. The largest absolute Gasteiger partial charge is 0.493 e. The molecule has 0 saturated carbocycles. The molecule has 1 aliphatic rings. The Kier molecular flexibility index (Phi) is 5.50. The Balaban J connectivity index is 1.69. The van der Waals surface area contributed by atoms with Gasteiger partial charge in [-0.2, -0.15) is 0 Å². The molecule has 1 aromatic carbocycles. The maximum absolute atomic E-state index is 5.99. The summed E-state index contributed by atoms with van der Waals surface area (Å²) >= 11 is 0. The van der Waals surface area contributed by atoms with E-state index < -0.39 is 0 Å². The van der Waals surface area contributed by atoms with E-state index in [2.05, 4.69) is 20.3 Å². The van der Waals surface area contributed by atoms with Crippen molar-refractivity contribution in [1.29, 1.82) is 0 Å². The summed E-state index contributed by atoms with van der Waals surface area (Å²) in [5.74, 6) is 1.72. The number of methoxy groups -OCH3 is 2. The van der Waals surface area contributed by atoms with Crippen LogP contribution in [0.15, 0.2) is 36.7 Å². The molecule has 1 atom stereocenters. The first-order valence-electron chi connectivity index (χ1n) is 9.08. The summed E-state index contributed by atoms with van der Waals surface area (Å²) in [6.07, 6.45) is 3.26. The summed E-state index contributed by atoms with van der Waals surface area (Å²) in [6, 6.07) is 7.53. The van der Waals surface area contributed by atoms with Gasteiger partial charge in [0.1, 0.15) is 12.7 Å². The average Bonchev–Trinajstić information content (AvgIpc) is 2.77. The second-order valence-corrected chi connectivity index (χ2v) is 6.31. The highest BCUT2D eigenvalue weighted by Crippen LogP contribution is 2.33. The maximum Gasteiger partial charge on any atom is 0.242 e. The Labute approximate surface area is 162 Å². The van der Waals surface area contributed by atoms with Crippen LogP contribution >= 0.6 is 0 Å².